The van der Waals surface area contributed by atoms with Crippen molar-refractivity contribution in [1.82, 2.24) is 10.6 Å². The van der Waals surface area contributed by atoms with Gasteiger partial charge in [-0.2, -0.15) is 0 Å². The summed E-state index contributed by atoms with van der Waals surface area (Å²) in [5, 5.41) is 14.5. The number of aliphatic hydroxyl groups excluding tert-OH is 1. The zero-order chi connectivity index (χ0) is 12.0. The van der Waals surface area contributed by atoms with Crippen LogP contribution >= 0.6 is 0 Å². The summed E-state index contributed by atoms with van der Waals surface area (Å²) < 4.78 is 4.72. The minimum atomic E-state index is -0.963. The maximum absolute atomic E-state index is 11.6. The number of hydrogen-bond acceptors (Lipinski definition) is 5. The van der Waals surface area contributed by atoms with Gasteiger partial charge >= 0.3 is 5.97 Å². The first-order valence-electron chi connectivity index (χ1n) is 5.50. The summed E-state index contributed by atoms with van der Waals surface area (Å²) in [5.41, 5.74) is 0. The first-order valence-corrected chi connectivity index (χ1v) is 5.50. The molecule has 0 bridgehead atoms. The monoisotopic (exact) mass is 230 g/mol. The second-order valence-corrected chi connectivity index (χ2v) is 3.64. The molecule has 3 N–H and O–H groups in total. The van der Waals surface area contributed by atoms with Crippen molar-refractivity contribution in [2.24, 2.45) is 0 Å². The Labute approximate surface area is 94.3 Å². The van der Waals surface area contributed by atoms with Gasteiger partial charge in [0, 0.05) is 0 Å². The summed E-state index contributed by atoms with van der Waals surface area (Å²) in [6.07, 6.45) is 1.70. The van der Waals surface area contributed by atoms with E-state index in [0.29, 0.717) is 0 Å². The molecule has 1 rings (SSSR count). The highest BCUT2D eigenvalue weighted by Gasteiger charge is 2.27. The van der Waals surface area contributed by atoms with E-state index in [1.165, 1.54) is 0 Å². The Morgan fingerprint density at radius 2 is 2.38 bits per heavy atom. The van der Waals surface area contributed by atoms with Crippen LogP contribution < -0.4 is 10.6 Å². The van der Waals surface area contributed by atoms with Crippen molar-refractivity contribution in [2.45, 2.75) is 31.8 Å². The van der Waals surface area contributed by atoms with Crippen LogP contribution in [-0.2, 0) is 14.3 Å². The van der Waals surface area contributed by atoms with E-state index in [1.807, 2.05) is 0 Å². The van der Waals surface area contributed by atoms with Crippen LogP contribution in [0.2, 0.25) is 0 Å². The molecule has 0 unspecified atom stereocenters. The van der Waals surface area contributed by atoms with E-state index in [2.05, 4.69) is 10.6 Å². The molecule has 2 atom stereocenters. The highest BCUT2D eigenvalue weighted by Crippen LogP contribution is 2.05. The van der Waals surface area contributed by atoms with Gasteiger partial charge in [-0.3, -0.25) is 4.79 Å². The highest BCUT2D eigenvalue weighted by atomic mass is 16.5. The van der Waals surface area contributed by atoms with Gasteiger partial charge in [-0.05, 0) is 26.3 Å². The van der Waals surface area contributed by atoms with Crippen LogP contribution in [0.4, 0.5) is 0 Å². The number of amides is 1. The van der Waals surface area contributed by atoms with Gasteiger partial charge < -0.3 is 20.5 Å². The van der Waals surface area contributed by atoms with E-state index in [0.717, 1.165) is 19.4 Å². The van der Waals surface area contributed by atoms with Gasteiger partial charge in [-0.25, -0.2) is 4.79 Å². The lowest BCUT2D eigenvalue weighted by atomic mass is 10.2. The maximum atomic E-state index is 11.6. The Kier molecular flexibility index (Phi) is 5.21. The zero-order valence-electron chi connectivity index (χ0n) is 9.36. The van der Waals surface area contributed by atoms with Gasteiger partial charge in [0.15, 0.2) is 6.04 Å². The minimum absolute atomic E-state index is 0.229. The number of aliphatic hydroxyl groups is 1. The fraction of sp³-hybridized carbons (Fsp3) is 0.800. The number of nitrogens with one attached hydrogen (secondary N) is 2. The predicted octanol–water partition coefficient (Wildman–Crippen LogP) is -1.22. The molecular weight excluding hydrogens is 212 g/mol. The minimum Gasteiger partial charge on any atom is -0.464 e. The molecule has 0 aromatic heterocycles. The standard InChI is InChI=1S/C10H18N2O4/c1-2-16-10(15)8(6-13)12-9(14)7-4-3-5-11-7/h7-8,11,13H,2-6H2,1H3,(H,12,14)/t7-,8-/m0/s1. The summed E-state index contributed by atoms with van der Waals surface area (Å²) >= 11 is 0. The van der Waals surface area contributed by atoms with Gasteiger partial charge in [-0.15, -0.1) is 0 Å². The van der Waals surface area contributed by atoms with Crippen LogP contribution in [0.1, 0.15) is 19.8 Å². The quantitative estimate of drug-likeness (QED) is 0.515. The molecule has 0 aromatic carbocycles. The number of hydrogen-bond donors (Lipinski definition) is 3. The summed E-state index contributed by atoms with van der Waals surface area (Å²) in [6, 6.07) is -1.22. The van der Waals surface area contributed by atoms with Crippen molar-refractivity contribution in [3.63, 3.8) is 0 Å². The van der Waals surface area contributed by atoms with Crippen LogP contribution in [0.15, 0.2) is 0 Å². The third-order valence-corrected chi connectivity index (χ3v) is 2.45. The topological polar surface area (TPSA) is 87.7 Å². The lowest BCUT2D eigenvalue weighted by Crippen LogP contribution is -2.50. The second-order valence-electron chi connectivity index (χ2n) is 3.64. The first-order chi connectivity index (χ1) is 7.69. The molecule has 1 fully saturated rings. The number of carbonyl (C=O) groups is 2. The third-order valence-electron chi connectivity index (χ3n) is 2.45. The van der Waals surface area contributed by atoms with Gasteiger partial charge in [0.05, 0.1) is 19.3 Å². The Morgan fingerprint density at radius 1 is 1.62 bits per heavy atom. The van der Waals surface area contributed by atoms with E-state index in [1.54, 1.807) is 6.92 Å². The third kappa shape index (κ3) is 3.46. The molecule has 6 heteroatoms. The van der Waals surface area contributed by atoms with E-state index in [-0.39, 0.29) is 18.6 Å². The molecule has 16 heavy (non-hydrogen) atoms. The molecule has 1 heterocycles. The molecule has 0 radical (unpaired) electrons. The van der Waals surface area contributed by atoms with Crippen molar-refractivity contribution in [1.29, 1.82) is 0 Å². The van der Waals surface area contributed by atoms with Gasteiger partial charge in [0.1, 0.15) is 0 Å². The molecule has 1 aliphatic heterocycles. The first kappa shape index (κ1) is 12.9. The fourth-order valence-corrected chi connectivity index (χ4v) is 1.60. The average molecular weight is 230 g/mol. The Balaban J connectivity index is 2.42. The molecule has 0 aliphatic carbocycles. The number of esters is 1. The lowest BCUT2D eigenvalue weighted by Gasteiger charge is -2.17. The zero-order valence-corrected chi connectivity index (χ0v) is 9.36. The van der Waals surface area contributed by atoms with E-state index >= 15 is 0 Å². The largest absolute Gasteiger partial charge is 0.464 e. The summed E-state index contributed by atoms with van der Waals surface area (Å²) in [4.78, 5) is 22.9. The number of ether oxygens (including phenoxy) is 1. The summed E-state index contributed by atoms with van der Waals surface area (Å²) in [6.45, 7) is 2.26. The Bertz CT molecular complexity index is 251. The number of rotatable bonds is 5. The van der Waals surface area contributed by atoms with Crippen molar-refractivity contribution < 1.29 is 19.4 Å². The molecule has 1 amide bonds. The highest BCUT2D eigenvalue weighted by molar-refractivity contribution is 5.87. The second kappa shape index (κ2) is 6.44. The summed E-state index contributed by atoms with van der Waals surface area (Å²) in [7, 11) is 0. The van der Waals surface area contributed by atoms with Gasteiger partial charge in [0.25, 0.3) is 0 Å². The van der Waals surface area contributed by atoms with E-state index in [9.17, 15) is 9.59 Å². The SMILES string of the molecule is CCOC(=O)[C@H](CO)NC(=O)[C@@H]1CCCN1. The molecule has 1 aliphatic rings. The van der Waals surface area contributed by atoms with E-state index < -0.39 is 18.6 Å². The lowest BCUT2D eigenvalue weighted by molar-refractivity contribution is -0.148. The summed E-state index contributed by atoms with van der Waals surface area (Å²) in [5.74, 6) is -0.860. The Hall–Kier alpha value is -1.14. The maximum Gasteiger partial charge on any atom is 0.331 e. The Morgan fingerprint density at radius 3 is 2.88 bits per heavy atom. The molecule has 0 spiro atoms. The van der Waals surface area contributed by atoms with Crippen LogP contribution in [-0.4, -0.2) is 48.8 Å². The fourth-order valence-electron chi connectivity index (χ4n) is 1.60. The van der Waals surface area contributed by atoms with Crippen LogP contribution in [0.25, 0.3) is 0 Å². The normalized spacial score (nSPS) is 21.5. The molecule has 92 valence electrons. The smallest absolute Gasteiger partial charge is 0.331 e. The average Bonchev–Trinajstić information content (AvgIpc) is 2.79. The number of carbonyl (C=O) groups excluding carboxylic acids is 2. The van der Waals surface area contributed by atoms with Crippen molar-refractivity contribution >= 4 is 11.9 Å². The molecule has 6 nitrogen and oxygen atoms in total. The molecule has 0 aromatic rings. The van der Waals surface area contributed by atoms with Crippen molar-refractivity contribution in [3.05, 3.63) is 0 Å². The van der Waals surface area contributed by atoms with Gasteiger partial charge in [-0.1, -0.05) is 0 Å². The predicted molar refractivity (Wildman–Crippen MR) is 56.7 cm³/mol. The van der Waals surface area contributed by atoms with Gasteiger partial charge in [0.2, 0.25) is 5.91 Å². The van der Waals surface area contributed by atoms with Crippen LogP contribution in [0.5, 0.6) is 0 Å². The molecule has 1 saturated heterocycles. The van der Waals surface area contributed by atoms with Crippen LogP contribution in [0.3, 0.4) is 0 Å². The van der Waals surface area contributed by atoms with Crippen molar-refractivity contribution in [3.8, 4) is 0 Å². The van der Waals surface area contributed by atoms with Crippen LogP contribution in [0, 0.1) is 0 Å². The van der Waals surface area contributed by atoms with E-state index in [4.69, 9.17) is 9.84 Å². The molecular formula is C10H18N2O4. The molecule has 0 saturated carbocycles. The van der Waals surface area contributed by atoms with Crippen molar-refractivity contribution in [2.75, 3.05) is 19.8 Å².